The number of hydrogen-bond donors (Lipinski definition) is 1. The van der Waals surface area contributed by atoms with Gasteiger partial charge in [-0.2, -0.15) is 0 Å². The molecule has 0 aliphatic carbocycles. The van der Waals surface area contributed by atoms with E-state index in [0.717, 1.165) is 14.5 Å². The van der Waals surface area contributed by atoms with Gasteiger partial charge in [-0.15, -0.1) is 0 Å². The lowest BCUT2D eigenvalue weighted by Crippen LogP contribution is -1.94. The number of halogens is 1. The lowest BCUT2D eigenvalue weighted by Gasteiger charge is -2.01. The van der Waals surface area contributed by atoms with Gasteiger partial charge in [0.1, 0.15) is 10.1 Å². The molecule has 0 bridgehead atoms. The number of rotatable bonds is 2. The molecule has 0 amide bonds. The third-order valence-corrected chi connectivity index (χ3v) is 3.43. The Hall–Kier alpha value is -1.14. The highest BCUT2D eigenvalue weighted by Crippen LogP contribution is 2.29. The van der Waals surface area contributed by atoms with E-state index in [9.17, 15) is 0 Å². The van der Waals surface area contributed by atoms with Crippen LogP contribution in [0, 0.1) is 0 Å². The Morgan fingerprint density at radius 3 is 2.80 bits per heavy atom. The van der Waals surface area contributed by atoms with Crippen LogP contribution in [0.4, 0.5) is 5.95 Å². The molecule has 2 N–H and O–H groups in total. The maximum Gasteiger partial charge on any atom is 0.221 e. The minimum absolute atomic E-state index is 0.270. The Kier molecular flexibility index (Phi) is 3.17. The first-order chi connectivity index (χ1) is 7.25. The van der Waals surface area contributed by atoms with E-state index in [1.807, 2.05) is 12.1 Å². The van der Waals surface area contributed by atoms with Gasteiger partial charge in [0.05, 0.1) is 4.47 Å². The molecular weight excluding hydrogens is 276 g/mol. The molecule has 0 atom stereocenters. The van der Waals surface area contributed by atoms with E-state index >= 15 is 0 Å². The van der Waals surface area contributed by atoms with E-state index in [0.29, 0.717) is 0 Å². The SMILES string of the molecule is Nc1nccc(Sc2ncccc2Br)n1. The summed E-state index contributed by atoms with van der Waals surface area (Å²) in [5.41, 5.74) is 5.48. The molecule has 6 heteroatoms. The van der Waals surface area contributed by atoms with E-state index in [4.69, 9.17) is 5.73 Å². The van der Waals surface area contributed by atoms with E-state index in [2.05, 4.69) is 30.9 Å². The van der Waals surface area contributed by atoms with Crippen molar-refractivity contribution in [3.63, 3.8) is 0 Å². The van der Waals surface area contributed by atoms with Crippen LogP contribution < -0.4 is 5.73 Å². The van der Waals surface area contributed by atoms with Crippen molar-refractivity contribution in [2.45, 2.75) is 10.1 Å². The second-order valence-electron chi connectivity index (χ2n) is 2.65. The van der Waals surface area contributed by atoms with Crippen molar-refractivity contribution >= 4 is 33.6 Å². The highest BCUT2D eigenvalue weighted by molar-refractivity contribution is 9.10. The maximum atomic E-state index is 5.48. The van der Waals surface area contributed by atoms with Gasteiger partial charge in [0, 0.05) is 12.4 Å². The van der Waals surface area contributed by atoms with Crippen molar-refractivity contribution in [3.8, 4) is 0 Å². The van der Waals surface area contributed by atoms with Crippen LogP contribution in [0.3, 0.4) is 0 Å². The van der Waals surface area contributed by atoms with Crippen LogP contribution in [0.15, 0.2) is 45.1 Å². The van der Waals surface area contributed by atoms with Crippen LogP contribution in [-0.2, 0) is 0 Å². The van der Waals surface area contributed by atoms with Crippen molar-refractivity contribution < 1.29 is 0 Å². The summed E-state index contributed by atoms with van der Waals surface area (Å²) in [7, 11) is 0. The predicted molar refractivity (Wildman–Crippen MR) is 62.5 cm³/mol. The molecule has 2 heterocycles. The zero-order valence-electron chi connectivity index (χ0n) is 7.59. The summed E-state index contributed by atoms with van der Waals surface area (Å²) >= 11 is 4.85. The molecular formula is C9H7BrN4S. The summed E-state index contributed by atoms with van der Waals surface area (Å²) in [6, 6.07) is 5.59. The van der Waals surface area contributed by atoms with Crippen molar-refractivity contribution in [1.29, 1.82) is 0 Å². The van der Waals surface area contributed by atoms with Gasteiger partial charge in [-0.3, -0.25) is 0 Å². The third kappa shape index (κ3) is 2.66. The number of anilines is 1. The number of nitrogens with two attached hydrogens (primary N) is 1. The molecule has 2 aromatic heterocycles. The molecule has 0 unspecified atom stereocenters. The van der Waals surface area contributed by atoms with Crippen molar-refractivity contribution in [2.24, 2.45) is 0 Å². The van der Waals surface area contributed by atoms with Gasteiger partial charge in [0.25, 0.3) is 0 Å². The minimum atomic E-state index is 0.270. The van der Waals surface area contributed by atoms with Crippen LogP contribution in [0.25, 0.3) is 0 Å². The first-order valence-corrected chi connectivity index (χ1v) is 5.73. The maximum absolute atomic E-state index is 5.48. The quantitative estimate of drug-likeness (QED) is 0.857. The molecule has 2 rings (SSSR count). The number of pyridine rings is 1. The topological polar surface area (TPSA) is 64.7 Å². The van der Waals surface area contributed by atoms with E-state index < -0.39 is 0 Å². The Labute approximate surface area is 99.5 Å². The van der Waals surface area contributed by atoms with E-state index in [1.165, 1.54) is 11.8 Å². The molecule has 0 aliphatic rings. The fraction of sp³-hybridized carbons (Fsp3) is 0. The summed E-state index contributed by atoms with van der Waals surface area (Å²) in [6.45, 7) is 0. The van der Waals surface area contributed by atoms with Gasteiger partial charge in [0.2, 0.25) is 5.95 Å². The first kappa shape index (κ1) is 10.4. The van der Waals surface area contributed by atoms with Crippen molar-refractivity contribution in [2.75, 3.05) is 5.73 Å². The van der Waals surface area contributed by atoms with E-state index in [1.54, 1.807) is 18.5 Å². The van der Waals surface area contributed by atoms with Crippen LogP contribution in [0.1, 0.15) is 0 Å². The predicted octanol–water partition coefficient (Wildman–Crippen LogP) is 2.37. The van der Waals surface area contributed by atoms with Gasteiger partial charge in [-0.05, 0) is 45.9 Å². The summed E-state index contributed by atoms with van der Waals surface area (Å²) in [4.78, 5) is 12.1. The molecule has 15 heavy (non-hydrogen) atoms. The zero-order chi connectivity index (χ0) is 10.7. The smallest absolute Gasteiger partial charge is 0.221 e. The fourth-order valence-electron chi connectivity index (χ4n) is 0.959. The average molecular weight is 283 g/mol. The first-order valence-electron chi connectivity index (χ1n) is 4.12. The number of aromatic nitrogens is 3. The van der Waals surface area contributed by atoms with Crippen LogP contribution in [0.2, 0.25) is 0 Å². The summed E-state index contributed by atoms with van der Waals surface area (Å²) in [5.74, 6) is 0.270. The molecule has 0 spiro atoms. The molecule has 0 aromatic carbocycles. The average Bonchev–Trinajstić information content (AvgIpc) is 2.22. The van der Waals surface area contributed by atoms with Gasteiger partial charge >= 0.3 is 0 Å². The van der Waals surface area contributed by atoms with Crippen molar-refractivity contribution in [1.82, 2.24) is 15.0 Å². The number of nitrogens with zero attached hydrogens (tertiary/aromatic N) is 3. The Bertz CT molecular complexity index is 477. The molecule has 0 aliphatic heterocycles. The second-order valence-corrected chi connectivity index (χ2v) is 4.51. The monoisotopic (exact) mass is 282 g/mol. The van der Waals surface area contributed by atoms with Crippen LogP contribution in [0.5, 0.6) is 0 Å². The Morgan fingerprint density at radius 1 is 1.20 bits per heavy atom. The molecule has 0 fully saturated rings. The molecule has 0 radical (unpaired) electrons. The summed E-state index contributed by atoms with van der Waals surface area (Å²) < 4.78 is 0.937. The van der Waals surface area contributed by atoms with Gasteiger partial charge in [-0.1, -0.05) is 0 Å². The van der Waals surface area contributed by atoms with E-state index in [-0.39, 0.29) is 5.95 Å². The molecule has 2 aromatic rings. The fourth-order valence-corrected chi connectivity index (χ4v) is 2.20. The highest BCUT2D eigenvalue weighted by Gasteiger charge is 2.04. The molecule has 0 saturated heterocycles. The molecule has 4 nitrogen and oxygen atoms in total. The summed E-state index contributed by atoms with van der Waals surface area (Å²) in [6.07, 6.45) is 3.36. The number of nitrogen functional groups attached to an aromatic ring is 1. The van der Waals surface area contributed by atoms with Gasteiger partial charge < -0.3 is 5.73 Å². The summed E-state index contributed by atoms with van der Waals surface area (Å²) in [5, 5.41) is 1.64. The largest absolute Gasteiger partial charge is 0.368 e. The van der Waals surface area contributed by atoms with Crippen molar-refractivity contribution in [3.05, 3.63) is 35.1 Å². The zero-order valence-corrected chi connectivity index (χ0v) is 9.99. The van der Waals surface area contributed by atoms with Gasteiger partial charge in [0.15, 0.2) is 0 Å². The molecule has 0 saturated carbocycles. The molecule has 76 valence electrons. The normalized spacial score (nSPS) is 10.2. The minimum Gasteiger partial charge on any atom is -0.368 e. The standard InChI is InChI=1S/C9H7BrN4S/c10-6-2-1-4-12-8(6)15-7-3-5-13-9(11)14-7/h1-5H,(H2,11,13,14). The third-order valence-electron chi connectivity index (χ3n) is 1.57. The lowest BCUT2D eigenvalue weighted by molar-refractivity contribution is 1.05. The van der Waals surface area contributed by atoms with Gasteiger partial charge in [-0.25, -0.2) is 15.0 Å². The lowest BCUT2D eigenvalue weighted by atomic mass is 10.5. The highest BCUT2D eigenvalue weighted by atomic mass is 79.9. The van der Waals surface area contributed by atoms with Crippen LogP contribution in [-0.4, -0.2) is 15.0 Å². The second kappa shape index (κ2) is 4.59. The Balaban J connectivity index is 2.26. The number of hydrogen-bond acceptors (Lipinski definition) is 5. The Morgan fingerprint density at radius 2 is 2.07 bits per heavy atom. The van der Waals surface area contributed by atoms with Crippen LogP contribution >= 0.6 is 27.7 Å².